The molecule has 0 atom stereocenters. The topological polar surface area (TPSA) is 21.3 Å². The summed E-state index contributed by atoms with van der Waals surface area (Å²) in [6, 6.07) is 0. The molecule has 1 saturated carbocycles. The zero-order valence-electron chi connectivity index (χ0n) is 10.1. The maximum Gasteiger partial charge on any atom is 0.0469 e. The van der Waals surface area contributed by atoms with Gasteiger partial charge in [-0.05, 0) is 50.0 Å². The van der Waals surface area contributed by atoms with Crippen molar-refractivity contribution in [3.8, 4) is 0 Å². The molecular formula is C13H25NO. The third-order valence-electron chi connectivity index (χ3n) is 4.01. The van der Waals surface area contributed by atoms with Crippen molar-refractivity contribution in [3.05, 3.63) is 0 Å². The van der Waals surface area contributed by atoms with E-state index in [0.717, 1.165) is 19.1 Å². The van der Waals surface area contributed by atoms with Crippen LogP contribution in [0.2, 0.25) is 0 Å². The van der Waals surface area contributed by atoms with E-state index in [0.29, 0.717) is 5.41 Å². The predicted molar refractivity (Wildman–Crippen MR) is 63.0 cm³/mol. The number of ether oxygens (including phenoxy) is 1. The Balaban J connectivity index is 1.58. The summed E-state index contributed by atoms with van der Waals surface area (Å²) in [5.41, 5.74) is 0.708. The molecule has 0 aromatic heterocycles. The van der Waals surface area contributed by atoms with Crippen LogP contribution in [0.5, 0.6) is 0 Å². The zero-order chi connectivity index (χ0) is 10.6. The van der Waals surface area contributed by atoms with Crippen LogP contribution >= 0.6 is 0 Å². The molecule has 0 aromatic rings. The molecule has 2 heteroatoms. The molecule has 1 N–H and O–H groups in total. The Morgan fingerprint density at radius 2 is 2.00 bits per heavy atom. The molecule has 2 aliphatic rings. The number of hydrogen-bond acceptors (Lipinski definition) is 2. The third-order valence-corrected chi connectivity index (χ3v) is 4.01. The van der Waals surface area contributed by atoms with Gasteiger partial charge < -0.3 is 10.1 Å². The SMILES string of the molecule is CCCC1(CNCC2CCOCC2)CC1. The van der Waals surface area contributed by atoms with Crippen molar-refractivity contribution in [2.24, 2.45) is 11.3 Å². The lowest BCUT2D eigenvalue weighted by Gasteiger charge is -2.23. The second-order valence-electron chi connectivity index (χ2n) is 5.44. The lowest BCUT2D eigenvalue weighted by Crippen LogP contribution is -2.31. The van der Waals surface area contributed by atoms with E-state index in [1.807, 2.05) is 0 Å². The zero-order valence-corrected chi connectivity index (χ0v) is 10.1. The van der Waals surface area contributed by atoms with Crippen LogP contribution in [0.25, 0.3) is 0 Å². The van der Waals surface area contributed by atoms with Crippen LogP contribution in [0.1, 0.15) is 45.4 Å². The monoisotopic (exact) mass is 211 g/mol. The largest absolute Gasteiger partial charge is 0.381 e. The third kappa shape index (κ3) is 3.46. The van der Waals surface area contributed by atoms with Crippen LogP contribution in [0.15, 0.2) is 0 Å². The highest BCUT2D eigenvalue weighted by Gasteiger charge is 2.40. The maximum absolute atomic E-state index is 5.37. The summed E-state index contributed by atoms with van der Waals surface area (Å²) in [6.07, 6.45) is 8.21. The average molecular weight is 211 g/mol. The van der Waals surface area contributed by atoms with E-state index < -0.39 is 0 Å². The molecule has 1 saturated heterocycles. The smallest absolute Gasteiger partial charge is 0.0469 e. The van der Waals surface area contributed by atoms with Gasteiger partial charge in [-0.2, -0.15) is 0 Å². The van der Waals surface area contributed by atoms with Gasteiger partial charge in [0.1, 0.15) is 0 Å². The summed E-state index contributed by atoms with van der Waals surface area (Å²) in [5, 5.41) is 3.69. The first kappa shape index (κ1) is 11.4. The van der Waals surface area contributed by atoms with Gasteiger partial charge in [0.25, 0.3) is 0 Å². The summed E-state index contributed by atoms with van der Waals surface area (Å²) in [7, 11) is 0. The molecule has 0 aromatic carbocycles. The summed E-state index contributed by atoms with van der Waals surface area (Å²) < 4.78 is 5.37. The van der Waals surface area contributed by atoms with Crippen LogP contribution < -0.4 is 5.32 Å². The molecule has 88 valence electrons. The number of rotatable bonds is 6. The van der Waals surface area contributed by atoms with Gasteiger partial charge in [0.2, 0.25) is 0 Å². The first-order valence-corrected chi connectivity index (χ1v) is 6.63. The Kier molecular flexibility index (Phi) is 4.04. The van der Waals surface area contributed by atoms with Crippen molar-refractivity contribution < 1.29 is 4.74 Å². The highest BCUT2D eigenvalue weighted by atomic mass is 16.5. The molecule has 1 aliphatic heterocycles. The van der Waals surface area contributed by atoms with Gasteiger partial charge in [-0.25, -0.2) is 0 Å². The van der Waals surface area contributed by atoms with Gasteiger partial charge >= 0.3 is 0 Å². The van der Waals surface area contributed by atoms with E-state index in [1.165, 1.54) is 51.6 Å². The van der Waals surface area contributed by atoms with Gasteiger partial charge in [0.05, 0.1) is 0 Å². The Bertz CT molecular complexity index is 183. The average Bonchev–Trinajstić information content (AvgIpc) is 3.00. The fraction of sp³-hybridized carbons (Fsp3) is 1.00. The van der Waals surface area contributed by atoms with Crippen LogP contribution in [0.3, 0.4) is 0 Å². The molecule has 15 heavy (non-hydrogen) atoms. The Hall–Kier alpha value is -0.0800. The standard InChI is InChI=1S/C13H25NO/c1-2-5-13(6-7-13)11-14-10-12-3-8-15-9-4-12/h12,14H,2-11H2,1H3. The van der Waals surface area contributed by atoms with Gasteiger partial charge in [0, 0.05) is 19.8 Å². The van der Waals surface area contributed by atoms with E-state index in [4.69, 9.17) is 4.74 Å². The molecule has 0 unspecified atom stereocenters. The normalized spacial score (nSPS) is 25.4. The maximum atomic E-state index is 5.37. The molecule has 2 nitrogen and oxygen atoms in total. The lowest BCUT2D eigenvalue weighted by atomic mass is 9.98. The molecule has 0 amide bonds. The van der Waals surface area contributed by atoms with Crippen LogP contribution in [-0.4, -0.2) is 26.3 Å². The van der Waals surface area contributed by atoms with Crippen molar-refractivity contribution in [1.29, 1.82) is 0 Å². The molecule has 1 aliphatic carbocycles. The van der Waals surface area contributed by atoms with Gasteiger partial charge in [-0.15, -0.1) is 0 Å². The number of hydrogen-bond donors (Lipinski definition) is 1. The van der Waals surface area contributed by atoms with Crippen LogP contribution in [0, 0.1) is 11.3 Å². The van der Waals surface area contributed by atoms with Gasteiger partial charge in [-0.1, -0.05) is 13.3 Å². The minimum absolute atomic E-state index is 0.708. The van der Waals surface area contributed by atoms with Crippen molar-refractivity contribution in [3.63, 3.8) is 0 Å². The molecule has 1 heterocycles. The van der Waals surface area contributed by atoms with Crippen molar-refractivity contribution in [2.75, 3.05) is 26.3 Å². The molecule has 2 rings (SSSR count). The second-order valence-corrected chi connectivity index (χ2v) is 5.44. The molecule has 0 bridgehead atoms. The summed E-state index contributed by atoms with van der Waals surface area (Å²) in [5.74, 6) is 0.871. The second kappa shape index (κ2) is 5.31. The summed E-state index contributed by atoms with van der Waals surface area (Å²) >= 11 is 0. The summed E-state index contributed by atoms with van der Waals surface area (Å²) in [4.78, 5) is 0. The molecular weight excluding hydrogens is 186 g/mol. The lowest BCUT2D eigenvalue weighted by molar-refractivity contribution is 0.0659. The quantitative estimate of drug-likeness (QED) is 0.729. The van der Waals surface area contributed by atoms with E-state index in [2.05, 4.69) is 12.2 Å². The Morgan fingerprint density at radius 3 is 2.60 bits per heavy atom. The van der Waals surface area contributed by atoms with Crippen molar-refractivity contribution in [2.45, 2.75) is 45.4 Å². The molecule has 2 fully saturated rings. The minimum atomic E-state index is 0.708. The highest BCUT2D eigenvalue weighted by molar-refractivity contribution is 4.94. The van der Waals surface area contributed by atoms with E-state index in [1.54, 1.807) is 0 Å². The fourth-order valence-electron chi connectivity index (χ4n) is 2.71. The van der Waals surface area contributed by atoms with Crippen molar-refractivity contribution >= 4 is 0 Å². The molecule has 0 radical (unpaired) electrons. The first-order chi connectivity index (χ1) is 7.35. The minimum Gasteiger partial charge on any atom is -0.381 e. The van der Waals surface area contributed by atoms with Crippen LogP contribution in [-0.2, 0) is 4.74 Å². The molecule has 0 spiro atoms. The van der Waals surface area contributed by atoms with Gasteiger partial charge in [-0.3, -0.25) is 0 Å². The Morgan fingerprint density at radius 1 is 1.27 bits per heavy atom. The van der Waals surface area contributed by atoms with E-state index >= 15 is 0 Å². The summed E-state index contributed by atoms with van der Waals surface area (Å²) in [6.45, 7) is 6.74. The van der Waals surface area contributed by atoms with Crippen molar-refractivity contribution in [1.82, 2.24) is 5.32 Å². The van der Waals surface area contributed by atoms with E-state index in [-0.39, 0.29) is 0 Å². The van der Waals surface area contributed by atoms with Gasteiger partial charge in [0.15, 0.2) is 0 Å². The fourth-order valence-corrected chi connectivity index (χ4v) is 2.71. The number of nitrogens with one attached hydrogen (secondary N) is 1. The predicted octanol–water partition coefficient (Wildman–Crippen LogP) is 2.58. The van der Waals surface area contributed by atoms with Crippen LogP contribution in [0.4, 0.5) is 0 Å². The van der Waals surface area contributed by atoms with E-state index in [9.17, 15) is 0 Å². The first-order valence-electron chi connectivity index (χ1n) is 6.63. The highest BCUT2D eigenvalue weighted by Crippen LogP contribution is 2.48. The Labute approximate surface area is 93.8 Å².